The standard InChI is InChI=1S/C33H61N3O7/c1-12-13-36-18-24(19-36)15-25-20-41-31(39)32(5,6)28(38)23(4)29(33(7,40-11)16-21(2)17-35(25)10)43-30-27(37)26(34(8)9)14-22(3)42-30/h21-27,29-30,37H,12-20H2,1-11H3/t21-,22-,23+,25-,26+,27-,29-,30+,33-/m1/s1. The minimum Gasteiger partial charge on any atom is -0.463 e. The van der Waals surface area contributed by atoms with Gasteiger partial charge in [-0.15, -0.1) is 0 Å². The molecule has 0 radical (unpaired) electrons. The number of ether oxygens (including phenoxy) is 4. The lowest BCUT2D eigenvalue weighted by Gasteiger charge is -2.47. The van der Waals surface area contributed by atoms with E-state index < -0.39 is 41.4 Å². The monoisotopic (exact) mass is 611 g/mol. The highest BCUT2D eigenvalue weighted by Gasteiger charge is 2.51. The van der Waals surface area contributed by atoms with E-state index in [2.05, 4.69) is 30.7 Å². The Morgan fingerprint density at radius 1 is 1.09 bits per heavy atom. The van der Waals surface area contributed by atoms with Crippen LogP contribution in [0.4, 0.5) is 0 Å². The smallest absolute Gasteiger partial charge is 0.319 e. The molecule has 3 rings (SSSR count). The van der Waals surface area contributed by atoms with Crippen LogP contribution in [0.15, 0.2) is 0 Å². The molecule has 3 fully saturated rings. The van der Waals surface area contributed by atoms with Crippen molar-refractivity contribution in [1.29, 1.82) is 0 Å². The molecular formula is C33H61N3O7. The molecule has 0 aromatic heterocycles. The number of rotatable bonds is 8. The maximum atomic E-state index is 14.1. The second-order valence-corrected chi connectivity index (χ2v) is 14.8. The molecule has 3 heterocycles. The van der Waals surface area contributed by atoms with E-state index in [-0.39, 0.29) is 36.5 Å². The van der Waals surface area contributed by atoms with Gasteiger partial charge in [-0.1, -0.05) is 20.8 Å². The van der Waals surface area contributed by atoms with Gasteiger partial charge < -0.3 is 33.9 Å². The lowest BCUT2D eigenvalue weighted by molar-refractivity contribution is -0.295. The largest absolute Gasteiger partial charge is 0.463 e. The van der Waals surface area contributed by atoms with Crippen molar-refractivity contribution < 1.29 is 33.6 Å². The van der Waals surface area contributed by atoms with Crippen LogP contribution >= 0.6 is 0 Å². The number of aliphatic hydroxyl groups excluding tert-OH is 1. The number of hydrogen-bond acceptors (Lipinski definition) is 10. The highest BCUT2D eigenvalue weighted by Crippen LogP contribution is 2.38. The summed E-state index contributed by atoms with van der Waals surface area (Å²) < 4.78 is 24.9. The summed E-state index contributed by atoms with van der Waals surface area (Å²) in [6, 6.07) is -0.107. The van der Waals surface area contributed by atoms with Crippen molar-refractivity contribution in [2.24, 2.45) is 23.2 Å². The fourth-order valence-electron chi connectivity index (χ4n) is 7.55. The summed E-state index contributed by atoms with van der Waals surface area (Å²) >= 11 is 0. The van der Waals surface area contributed by atoms with E-state index in [9.17, 15) is 14.7 Å². The number of likely N-dealkylation sites (N-methyl/N-ethyl adjacent to an activating group) is 2. The Morgan fingerprint density at radius 2 is 1.74 bits per heavy atom. The number of ketones is 1. The molecule has 3 aliphatic rings. The van der Waals surface area contributed by atoms with Crippen molar-refractivity contribution in [3.05, 3.63) is 0 Å². The SMILES string of the molecule is CCCN1CC(C[C@@H]2COC(=O)C(C)(C)C(=O)[C@H](C)[C@@H](O[C@@H]3O[C@H](C)C[C@H](N(C)C)[C@H]3O)[C@](C)(OC)C[C@@H](C)CN2C)C1. The van der Waals surface area contributed by atoms with Gasteiger partial charge in [0.25, 0.3) is 0 Å². The lowest BCUT2D eigenvalue weighted by atomic mass is 9.74. The van der Waals surface area contributed by atoms with Gasteiger partial charge in [0, 0.05) is 44.7 Å². The Balaban J connectivity index is 1.92. The van der Waals surface area contributed by atoms with E-state index >= 15 is 0 Å². The summed E-state index contributed by atoms with van der Waals surface area (Å²) in [5, 5.41) is 11.3. The van der Waals surface area contributed by atoms with Gasteiger partial charge in [-0.25, -0.2) is 0 Å². The number of carbonyl (C=O) groups excluding carboxylic acids is 2. The molecule has 0 amide bonds. The second kappa shape index (κ2) is 15.0. The van der Waals surface area contributed by atoms with Gasteiger partial charge in [-0.05, 0) is 92.9 Å². The predicted octanol–water partition coefficient (Wildman–Crippen LogP) is 3.05. The molecule has 10 heteroatoms. The van der Waals surface area contributed by atoms with Crippen LogP contribution in [0.3, 0.4) is 0 Å². The quantitative estimate of drug-likeness (QED) is 0.326. The number of hydrogen-bond donors (Lipinski definition) is 1. The summed E-state index contributed by atoms with van der Waals surface area (Å²) in [6.45, 7) is 17.7. The molecule has 0 aromatic carbocycles. The Labute approximate surface area is 260 Å². The fourth-order valence-corrected chi connectivity index (χ4v) is 7.55. The molecule has 0 spiro atoms. The first-order valence-corrected chi connectivity index (χ1v) is 16.4. The molecule has 250 valence electrons. The fraction of sp³-hybridized carbons (Fsp3) is 0.939. The van der Waals surface area contributed by atoms with Crippen molar-refractivity contribution >= 4 is 11.8 Å². The van der Waals surface area contributed by atoms with Gasteiger partial charge in [-0.3, -0.25) is 14.5 Å². The Morgan fingerprint density at radius 3 is 2.33 bits per heavy atom. The van der Waals surface area contributed by atoms with Gasteiger partial charge in [0.2, 0.25) is 0 Å². The van der Waals surface area contributed by atoms with Crippen molar-refractivity contribution in [3.63, 3.8) is 0 Å². The average molecular weight is 612 g/mol. The first-order valence-electron chi connectivity index (χ1n) is 16.4. The Hall–Kier alpha value is -1.14. The number of carbonyl (C=O) groups is 2. The molecule has 9 atom stereocenters. The highest BCUT2D eigenvalue weighted by molar-refractivity contribution is 6.04. The summed E-state index contributed by atoms with van der Waals surface area (Å²) in [5.74, 6) is -0.794. The third-order valence-electron chi connectivity index (χ3n) is 10.2. The average Bonchev–Trinajstić information content (AvgIpc) is 2.91. The van der Waals surface area contributed by atoms with E-state index in [4.69, 9.17) is 18.9 Å². The summed E-state index contributed by atoms with van der Waals surface area (Å²) in [6.07, 6.45) is 0.574. The number of aliphatic hydroxyl groups is 1. The number of nitrogens with zero attached hydrogens (tertiary/aromatic N) is 3. The van der Waals surface area contributed by atoms with Crippen LogP contribution in [0.25, 0.3) is 0 Å². The van der Waals surface area contributed by atoms with Crippen molar-refractivity contribution in [2.45, 2.75) is 116 Å². The number of Topliss-reactive ketones (excluding diaryl/α,β-unsaturated/α-hetero) is 1. The first-order chi connectivity index (χ1) is 20.0. The van der Waals surface area contributed by atoms with Crippen molar-refractivity contribution in [2.75, 3.05) is 61.0 Å². The summed E-state index contributed by atoms with van der Waals surface area (Å²) in [7, 11) is 7.60. The molecule has 0 saturated carbocycles. The molecule has 0 aliphatic carbocycles. The second-order valence-electron chi connectivity index (χ2n) is 14.8. The summed E-state index contributed by atoms with van der Waals surface area (Å²) in [4.78, 5) is 34.5. The molecular weight excluding hydrogens is 550 g/mol. The van der Waals surface area contributed by atoms with E-state index in [1.807, 2.05) is 32.8 Å². The van der Waals surface area contributed by atoms with E-state index in [1.165, 1.54) is 0 Å². The van der Waals surface area contributed by atoms with Crippen molar-refractivity contribution in [1.82, 2.24) is 14.7 Å². The number of methoxy groups -OCH3 is 1. The topological polar surface area (TPSA) is 101 Å². The van der Waals surface area contributed by atoms with Crippen LogP contribution in [0.2, 0.25) is 0 Å². The highest BCUT2D eigenvalue weighted by atomic mass is 16.7. The first kappa shape index (κ1) is 36.3. The molecule has 0 bridgehead atoms. The zero-order valence-corrected chi connectivity index (χ0v) is 28.8. The maximum absolute atomic E-state index is 14.1. The van der Waals surface area contributed by atoms with Crippen LogP contribution in [-0.2, 0) is 28.5 Å². The lowest BCUT2D eigenvalue weighted by Crippen LogP contribution is -2.59. The van der Waals surface area contributed by atoms with Crippen LogP contribution in [-0.4, -0.2) is 135 Å². The van der Waals surface area contributed by atoms with E-state index in [0.717, 1.165) is 39.0 Å². The molecule has 10 nitrogen and oxygen atoms in total. The van der Waals surface area contributed by atoms with Gasteiger partial charge >= 0.3 is 5.97 Å². The van der Waals surface area contributed by atoms with Crippen molar-refractivity contribution in [3.8, 4) is 0 Å². The number of esters is 1. The third-order valence-corrected chi connectivity index (χ3v) is 10.2. The summed E-state index contributed by atoms with van der Waals surface area (Å²) in [5.41, 5.74) is -2.29. The molecule has 3 saturated heterocycles. The van der Waals surface area contributed by atoms with Gasteiger partial charge in [0.05, 0.1) is 17.8 Å². The van der Waals surface area contributed by atoms with Gasteiger partial charge in [0.15, 0.2) is 12.1 Å². The van der Waals surface area contributed by atoms with Crippen LogP contribution in [0, 0.1) is 23.2 Å². The minimum atomic E-state index is -1.39. The molecule has 1 N–H and O–H groups in total. The number of likely N-dealkylation sites (tertiary alicyclic amines) is 1. The molecule has 43 heavy (non-hydrogen) atoms. The third kappa shape index (κ3) is 8.57. The molecule has 3 aliphatic heterocycles. The molecule has 0 unspecified atom stereocenters. The van der Waals surface area contributed by atoms with Gasteiger partial charge in [-0.2, -0.15) is 0 Å². The Bertz CT molecular complexity index is 926. The predicted molar refractivity (Wildman–Crippen MR) is 167 cm³/mol. The maximum Gasteiger partial charge on any atom is 0.319 e. The normalized spacial score (nSPS) is 39.5. The van der Waals surface area contributed by atoms with Crippen LogP contribution in [0.1, 0.15) is 74.1 Å². The number of cyclic esters (lactones) is 1. The van der Waals surface area contributed by atoms with Crippen LogP contribution < -0.4 is 0 Å². The minimum absolute atomic E-state index is 0.0559. The molecule has 0 aromatic rings. The van der Waals surface area contributed by atoms with Crippen LogP contribution in [0.5, 0.6) is 0 Å². The zero-order chi connectivity index (χ0) is 32.3. The van der Waals surface area contributed by atoms with Gasteiger partial charge in [0.1, 0.15) is 18.1 Å². The van der Waals surface area contributed by atoms with E-state index in [1.54, 1.807) is 27.9 Å². The Kier molecular flexibility index (Phi) is 12.6. The zero-order valence-electron chi connectivity index (χ0n) is 28.8. The van der Waals surface area contributed by atoms with E-state index in [0.29, 0.717) is 18.8 Å².